The molecule has 8 heteroatoms. The summed E-state index contributed by atoms with van der Waals surface area (Å²) in [5, 5.41) is 7.17. The molecule has 2 heterocycles. The van der Waals surface area contributed by atoms with Crippen molar-refractivity contribution in [2.75, 3.05) is 37.7 Å². The first kappa shape index (κ1) is 22.9. The van der Waals surface area contributed by atoms with E-state index in [2.05, 4.69) is 20.6 Å². The van der Waals surface area contributed by atoms with Crippen molar-refractivity contribution >= 4 is 33.9 Å². The normalized spacial score (nSPS) is 17.8. The number of nitrogens with two attached hydrogens (primary N) is 2. The largest absolute Gasteiger partial charge is 1.00 e. The molecule has 2 rings (SSSR count). The Morgan fingerprint density at radius 2 is 1.18 bits per heavy atom. The van der Waals surface area contributed by atoms with Gasteiger partial charge in [0, 0.05) is 24.3 Å². The number of halogens is 2. The molecular weight excluding hydrogens is 448 g/mol. The van der Waals surface area contributed by atoms with E-state index in [1.807, 2.05) is 23.5 Å². The van der Waals surface area contributed by atoms with Crippen LogP contribution in [0.3, 0.4) is 0 Å². The van der Waals surface area contributed by atoms with Gasteiger partial charge in [0.1, 0.15) is 0 Å². The highest BCUT2D eigenvalue weighted by molar-refractivity contribution is 8.13. The van der Waals surface area contributed by atoms with Gasteiger partial charge in [0.05, 0.1) is 26.2 Å². The smallest absolute Gasteiger partial charge is 0.255 e. The van der Waals surface area contributed by atoms with Crippen LogP contribution in [-0.2, 0) is 0 Å². The topological polar surface area (TPSA) is 57.9 Å². The molecule has 0 aliphatic carbocycles. The van der Waals surface area contributed by atoms with Gasteiger partial charge in [0.15, 0.2) is 0 Å². The van der Waals surface area contributed by atoms with E-state index in [0.717, 1.165) is 13.1 Å². The van der Waals surface area contributed by atoms with Gasteiger partial charge in [-0.25, -0.2) is 9.98 Å². The van der Waals surface area contributed by atoms with Crippen molar-refractivity contribution in [2.24, 2.45) is 9.98 Å². The zero-order valence-electron chi connectivity index (χ0n) is 13.1. The standard InChI is InChI=1S/C14H26N4S2.2BrH/c1(3-11-19-13-15-7-5-8-16-13)2-4-12-20-14-17-9-6-10-18-14;;/h1-12H2,(H,15,16)(H,17,18);2*1H. The minimum atomic E-state index is 0. The molecule has 0 amide bonds. The second-order valence-corrected chi connectivity index (χ2v) is 7.47. The average Bonchev–Trinajstić information content (AvgIpc) is 2.52. The van der Waals surface area contributed by atoms with Crippen LogP contribution in [-0.4, -0.2) is 48.0 Å². The molecule has 0 atom stereocenters. The monoisotopic (exact) mass is 474 g/mol. The van der Waals surface area contributed by atoms with Crippen molar-refractivity contribution in [1.29, 1.82) is 0 Å². The third kappa shape index (κ3) is 10.6. The van der Waals surface area contributed by atoms with Crippen LogP contribution in [0.15, 0.2) is 9.98 Å². The molecule has 0 spiro atoms. The molecule has 0 radical (unpaired) electrons. The number of aliphatic imine (C=N–C) groups is 2. The first-order valence-corrected chi connectivity index (χ1v) is 9.93. The lowest BCUT2D eigenvalue weighted by atomic mass is 10.2. The first-order chi connectivity index (χ1) is 9.95. The highest BCUT2D eigenvalue weighted by Gasteiger charge is 2.09. The Hall–Kier alpha value is 0.920. The maximum absolute atomic E-state index is 4.53. The van der Waals surface area contributed by atoms with Crippen LogP contribution in [0.25, 0.3) is 0 Å². The molecule has 4 nitrogen and oxygen atoms in total. The van der Waals surface area contributed by atoms with Gasteiger partial charge < -0.3 is 34.0 Å². The van der Waals surface area contributed by atoms with Crippen LogP contribution in [0.1, 0.15) is 38.5 Å². The van der Waals surface area contributed by atoms with Crippen molar-refractivity contribution in [3.05, 3.63) is 0 Å². The number of rotatable bonds is 7. The number of hydrogen-bond donors (Lipinski definition) is 2. The highest BCUT2D eigenvalue weighted by Crippen LogP contribution is 2.11. The summed E-state index contributed by atoms with van der Waals surface area (Å²) in [6.45, 7) is 4.53. The zero-order chi connectivity index (χ0) is 13.9. The van der Waals surface area contributed by atoms with E-state index in [-0.39, 0.29) is 34.0 Å². The van der Waals surface area contributed by atoms with Crippen LogP contribution in [0.2, 0.25) is 0 Å². The number of thioether (sulfide) groups is 2. The molecule has 130 valence electrons. The molecule has 2 aliphatic rings. The lowest BCUT2D eigenvalue weighted by molar-refractivity contribution is -0.538. The molecular formula is C14H28Br2N4S2. The van der Waals surface area contributed by atoms with Gasteiger partial charge >= 0.3 is 0 Å². The van der Waals surface area contributed by atoms with Crippen LogP contribution >= 0.6 is 23.5 Å². The van der Waals surface area contributed by atoms with E-state index in [1.54, 1.807) is 0 Å². The second-order valence-electron chi connectivity index (χ2n) is 5.24. The predicted octanol–water partition coefficient (Wildman–Crippen LogP) is -5.33. The maximum Gasteiger partial charge on any atom is 0.255 e. The summed E-state index contributed by atoms with van der Waals surface area (Å²) < 4.78 is 0. The number of amidine groups is 2. The Morgan fingerprint density at radius 1 is 0.727 bits per heavy atom. The van der Waals surface area contributed by atoms with Crippen LogP contribution in [0.4, 0.5) is 0 Å². The Morgan fingerprint density at radius 3 is 1.55 bits per heavy atom. The fraction of sp³-hybridized carbons (Fsp3) is 0.857. The Kier molecular flexibility index (Phi) is 16.1. The van der Waals surface area contributed by atoms with Crippen molar-refractivity contribution < 1.29 is 44.6 Å². The van der Waals surface area contributed by atoms with Gasteiger partial charge in [0.25, 0.3) is 10.3 Å². The fourth-order valence-electron chi connectivity index (χ4n) is 2.26. The lowest BCUT2D eigenvalue weighted by Gasteiger charge is -2.09. The molecule has 0 unspecified atom stereocenters. The zero-order valence-corrected chi connectivity index (χ0v) is 17.9. The number of quaternary nitrogens is 2. The van der Waals surface area contributed by atoms with Gasteiger partial charge in [-0.05, 0) is 36.4 Å². The van der Waals surface area contributed by atoms with Crippen molar-refractivity contribution in [1.82, 2.24) is 0 Å². The summed E-state index contributed by atoms with van der Waals surface area (Å²) in [4.78, 5) is 9.07. The molecule has 4 N–H and O–H groups in total. The minimum Gasteiger partial charge on any atom is -1.00 e. The van der Waals surface area contributed by atoms with E-state index in [0.29, 0.717) is 0 Å². The van der Waals surface area contributed by atoms with Crippen molar-refractivity contribution in [3.8, 4) is 0 Å². The van der Waals surface area contributed by atoms with E-state index in [4.69, 9.17) is 0 Å². The Balaban J connectivity index is 0.00000220. The fourth-order valence-corrected chi connectivity index (χ4v) is 4.21. The molecule has 0 aromatic rings. The molecule has 2 aliphatic heterocycles. The van der Waals surface area contributed by atoms with Gasteiger partial charge in [-0.15, -0.1) is 0 Å². The SMILES string of the molecule is C(CCCSC1=NCCC[NH2+]1)CCSC1=NCCC[NH2+]1.[Br-].[Br-]. The lowest BCUT2D eigenvalue weighted by Crippen LogP contribution is -3.00. The first-order valence-electron chi connectivity index (χ1n) is 7.96. The van der Waals surface area contributed by atoms with Gasteiger partial charge in [0.2, 0.25) is 0 Å². The van der Waals surface area contributed by atoms with Crippen LogP contribution in [0.5, 0.6) is 0 Å². The number of nitrogens with zero attached hydrogens (tertiary/aromatic N) is 2. The van der Waals surface area contributed by atoms with Gasteiger partial charge in [-0.2, -0.15) is 0 Å². The quantitative estimate of drug-likeness (QED) is 0.361. The highest BCUT2D eigenvalue weighted by atomic mass is 79.9. The van der Waals surface area contributed by atoms with Gasteiger partial charge in [-0.1, -0.05) is 12.8 Å². The van der Waals surface area contributed by atoms with Gasteiger partial charge in [-0.3, -0.25) is 10.6 Å². The second kappa shape index (κ2) is 15.4. The third-order valence-electron chi connectivity index (χ3n) is 3.44. The summed E-state index contributed by atoms with van der Waals surface area (Å²) in [5.74, 6) is 2.48. The summed E-state index contributed by atoms with van der Waals surface area (Å²) in [5.41, 5.74) is 0. The molecule has 0 fully saturated rings. The molecule has 0 saturated carbocycles. The van der Waals surface area contributed by atoms with E-state index < -0.39 is 0 Å². The minimum absolute atomic E-state index is 0. The Bertz CT molecular complexity index is 309. The van der Waals surface area contributed by atoms with E-state index in [9.17, 15) is 0 Å². The molecule has 22 heavy (non-hydrogen) atoms. The Labute approximate surface area is 164 Å². The average molecular weight is 476 g/mol. The summed E-state index contributed by atoms with van der Waals surface area (Å²) in [7, 11) is 0. The third-order valence-corrected chi connectivity index (χ3v) is 5.60. The number of unbranched alkanes of at least 4 members (excludes halogenated alkanes) is 3. The van der Waals surface area contributed by atoms with Crippen LogP contribution in [0, 0.1) is 0 Å². The van der Waals surface area contributed by atoms with Crippen molar-refractivity contribution in [2.45, 2.75) is 38.5 Å². The maximum atomic E-state index is 4.53. The number of hydrogen-bond acceptors (Lipinski definition) is 4. The molecule has 0 aromatic heterocycles. The van der Waals surface area contributed by atoms with E-state index in [1.165, 1.54) is 73.5 Å². The summed E-state index contributed by atoms with van der Waals surface area (Å²) >= 11 is 3.90. The molecule has 0 saturated heterocycles. The van der Waals surface area contributed by atoms with Crippen LogP contribution < -0.4 is 44.6 Å². The van der Waals surface area contributed by atoms with Crippen molar-refractivity contribution in [3.63, 3.8) is 0 Å². The summed E-state index contributed by atoms with van der Waals surface area (Å²) in [6.07, 6.45) is 7.85. The molecule has 0 bridgehead atoms. The van der Waals surface area contributed by atoms with E-state index >= 15 is 0 Å². The summed E-state index contributed by atoms with van der Waals surface area (Å²) in [6, 6.07) is 0. The predicted molar refractivity (Wildman–Crippen MR) is 90.8 cm³/mol. The molecule has 0 aromatic carbocycles.